The van der Waals surface area contributed by atoms with E-state index in [-0.39, 0.29) is 52.2 Å². The van der Waals surface area contributed by atoms with Crippen LogP contribution in [0.15, 0.2) is 30.7 Å². The lowest BCUT2D eigenvalue weighted by molar-refractivity contribution is -0.137. The molecule has 0 atom stereocenters. The second-order valence-electron chi connectivity index (χ2n) is 8.21. The Bertz CT molecular complexity index is 1510. The average molecular weight is 520 g/mol. The number of nitrogens with two attached hydrogens (primary N) is 2. The van der Waals surface area contributed by atoms with Crippen molar-refractivity contribution in [2.45, 2.75) is 19.6 Å². The molecule has 4 N–H and O–H groups in total. The molecule has 3 aromatic heterocycles. The molecule has 0 fully saturated rings. The first-order valence-electron chi connectivity index (χ1n) is 10.6. The van der Waals surface area contributed by atoms with Crippen molar-refractivity contribution in [1.29, 1.82) is 0 Å². The second-order valence-corrected chi connectivity index (χ2v) is 8.59. The Morgan fingerprint density at radius 1 is 1.14 bits per heavy atom. The molecule has 13 heteroatoms. The molecule has 1 aliphatic rings. The Morgan fingerprint density at radius 2 is 1.92 bits per heavy atom. The van der Waals surface area contributed by atoms with Crippen LogP contribution in [0.2, 0.25) is 5.02 Å². The number of pyridine rings is 2. The maximum atomic E-state index is 14.0. The van der Waals surface area contributed by atoms with Crippen molar-refractivity contribution < 1.29 is 22.3 Å². The first-order chi connectivity index (χ1) is 17.0. The van der Waals surface area contributed by atoms with Crippen LogP contribution in [0.5, 0.6) is 5.75 Å². The number of ether oxygens (including phenoxy) is 1. The maximum Gasteiger partial charge on any atom is 0.418 e. The van der Waals surface area contributed by atoms with Gasteiger partial charge in [-0.05, 0) is 30.7 Å². The highest BCUT2D eigenvalue weighted by molar-refractivity contribution is 6.36. The van der Waals surface area contributed by atoms with Crippen LogP contribution >= 0.6 is 11.6 Å². The minimum absolute atomic E-state index is 0.0291. The van der Waals surface area contributed by atoms with E-state index in [4.69, 9.17) is 27.8 Å². The number of aromatic nitrogens is 4. The van der Waals surface area contributed by atoms with Gasteiger partial charge < -0.3 is 21.1 Å². The fourth-order valence-corrected chi connectivity index (χ4v) is 4.58. The van der Waals surface area contributed by atoms with Crippen molar-refractivity contribution in [3.8, 4) is 17.0 Å². The van der Waals surface area contributed by atoms with E-state index in [1.807, 2.05) is 0 Å². The van der Waals surface area contributed by atoms with Crippen molar-refractivity contribution >= 4 is 40.0 Å². The Morgan fingerprint density at radius 3 is 2.67 bits per heavy atom. The SMILES string of the molecule is Cc1cc(N)nc(-c2cc3ncnc4c3c(c2Cl)OCCN4Cc2cc(F)cnc2N)c1C(F)(F)F. The van der Waals surface area contributed by atoms with Crippen molar-refractivity contribution in [1.82, 2.24) is 19.9 Å². The molecule has 8 nitrogen and oxygen atoms in total. The molecule has 0 aliphatic carbocycles. The molecular weight excluding hydrogens is 502 g/mol. The van der Waals surface area contributed by atoms with Crippen molar-refractivity contribution in [3.05, 3.63) is 58.3 Å². The van der Waals surface area contributed by atoms with Crippen molar-refractivity contribution in [2.24, 2.45) is 0 Å². The van der Waals surface area contributed by atoms with Gasteiger partial charge in [-0.1, -0.05) is 11.6 Å². The van der Waals surface area contributed by atoms with Gasteiger partial charge in [0.2, 0.25) is 0 Å². The predicted molar refractivity (Wildman–Crippen MR) is 127 cm³/mol. The topological polar surface area (TPSA) is 116 Å². The minimum atomic E-state index is -4.71. The third kappa shape index (κ3) is 4.06. The van der Waals surface area contributed by atoms with Gasteiger partial charge in [0.25, 0.3) is 0 Å². The molecular formula is C23H18ClF4N7O. The van der Waals surface area contributed by atoms with Gasteiger partial charge in [0.1, 0.15) is 36.2 Å². The zero-order valence-corrected chi connectivity index (χ0v) is 19.5. The van der Waals surface area contributed by atoms with Gasteiger partial charge >= 0.3 is 6.18 Å². The zero-order chi connectivity index (χ0) is 25.8. The molecule has 186 valence electrons. The average Bonchev–Trinajstić information content (AvgIpc) is 2.98. The molecule has 0 spiro atoms. The first kappa shape index (κ1) is 23.8. The monoisotopic (exact) mass is 519 g/mol. The summed E-state index contributed by atoms with van der Waals surface area (Å²) in [6.45, 7) is 1.85. The standard InChI is InChI=1S/C23H18ClF4N7O/c1-10-4-15(29)34-19(17(10)23(26,27)28)13-6-14-16-20(18(13)24)36-3-2-35(22(16)33-9-32-14)8-11-5-12(25)7-31-21(11)30/h4-7,9H,2-3,8H2,1H3,(H2,29,34)(H2,30,31). The van der Waals surface area contributed by atoms with Crippen LogP contribution in [0.4, 0.5) is 35.0 Å². The van der Waals surface area contributed by atoms with E-state index in [0.717, 1.165) is 12.3 Å². The lowest BCUT2D eigenvalue weighted by Crippen LogP contribution is -2.28. The van der Waals surface area contributed by atoms with E-state index in [9.17, 15) is 17.6 Å². The summed E-state index contributed by atoms with van der Waals surface area (Å²) < 4.78 is 61.6. The molecule has 1 aromatic carbocycles. The fourth-order valence-electron chi connectivity index (χ4n) is 4.29. The summed E-state index contributed by atoms with van der Waals surface area (Å²) in [5.41, 5.74) is 10.9. The molecule has 0 bridgehead atoms. The van der Waals surface area contributed by atoms with Gasteiger partial charge in [-0.15, -0.1) is 0 Å². The van der Waals surface area contributed by atoms with Crippen LogP contribution in [0.3, 0.4) is 0 Å². The Balaban J connectivity index is 1.71. The molecule has 0 unspecified atom stereocenters. The van der Waals surface area contributed by atoms with E-state index in [1.165, 1.54) is 25.4 Å². The van der Waals surface area contributed by atoms with Crippen LogP contribution in [0.25, 0.3) is 22.2 Å². The summed E-state index contributed by atoms with van der Waals surface area (Å²) >= 11 is 6.65. The number of nitrogens with zero attached hydrogens (tertiary/aromatic N) is 5. The summed E-state index contributed by atoms with van der Waals surface area (Å²) in [5, 5.41) is 0.302. The number of hydrogen-bond acceptors (Lipinski definition) is 8. The van der Waals surface area contributed by atoms with E-state index in [1.54, 1.807) is 4.90 Å². The Labute approximate surface area is 206 Å². The molecule has 0 amide bonds. The normalized spacial score (nSPS) is 13.6. The fraction of sp³-hybridized carbons (Fsp3) is 0.217. The van der Waals surface area contributed by atoms with Crippen LogP contribution in [-0.2, 0) is 12.7 Å². The number of alkyl halides is 3. The molecule has 36 heavy (non-hydrogen) atoms. The van der Waals surface area contributed by atoms with Crippen LogP contribution in [0, 0.1) is 12.7 Å². The number of nitrogen functional groups attached to an aromatic ring is 2. The number of benzene rings is 1. The van der Waals surface area contributed by atoms with Gasteiger partial charge in [-0.2, -0.15) is 13.2 Å². The van der Waals surface area contributed by atoms with E-state index < -0.39 is 23.3 Å². The molecule has 0 saturated heterocycles. The summed E-state index contributed by atoms with van der Waals surface area (Å²) in [7, 11) is 0. The zero-order valence-electron chi connectivity index (χ0n) is 18.7. The van der Waals surface area contributed by atoms with Crippen LogP contribution in [0.1, 0.15) is 16.7 Å². The van der Waals surface area contributed by atoms with Crippen LogP contribution < -0.4 is 21.1 Å². The van der Waals surface area contributed by atoms with E-state index >= 15 is 0 Å². The summed E-state index contributed by atoms with van der Waals surface area (Å²) in [4.78, 5) is 18.2. The summed E-state index contributed by atoms with van der Waals surface area (Å²) in [6, 6.07) is 3.82. The first-order valence-corrected chi connectivity index (χ1v) is 11.0. The van der Waals surface area contributed by atoms with Gasteiger partial charge in [-0.3, -0.25) is 0 Å². The summed E-state index contributed by atoms with van der Waals surface area (Å²) in [6.07, 6.45) is -2.42. The van der Waals surface area contributed by atoms with Gasteiger partial charge in [0, 0.05) is 17.7 Å². The van der Waals surface area contributed by atoms with Gasteiger partial charge in [-0.25, -0.2) is 24.3 Å². The number of rotatable bonds is 3. The van der Waals surface area contributed by atoms with E-state index in [2.05, 4.69) is 19.9 Å². The molecule has 0 saturated carbocycles. The molecule has 0 radical (unpaired) electrons. The molecule has 4 aromatic rings. The third-order valence-corrected chi connectivity index (χ3v) is 6.19. The second kappa shape index (κ2) is 8.63. The molecule has 1 aliphatic heterocycles. The number of halogens is 5. The van der Waals surface area contributed by atoms with Gasteiger partial charge in [0.15, 0.2) is 5.75 Å². The number of aryl methyl sites for hydroxylation is 1. The highest BCUT2D eigenvalue weighted by Gasteiger charge is 2.38. The van der Waals surface area contributed by atoms with Gasteiger partial charge in [0.05, 0.1) is 39.9 Å². The largest absolute Gasteiger partial charge is 0.489 e. The molecule has 5 rings (SSSR count). The summed E-state index contributed by atoms with van der Waals surface area (Å²) in [5.74, 6) is 0.0362. The molecule has 4 heterocycles. The van der Waals surface area contributed by atoms with E-state index in [0.29, 0.717) is 23.3 Å². The highest BCUT2D eigenvalue weighted by Crippen LogP contribution is 2.48. The predicted octanol–water partition coefficient (Wildman–Crippen LogP) is 4.77. The maximum absolute atomic E-state index is 14.0. The smallest absolute Gasteiger partial charge is 0.418 e. The minimum Gasteiger partial charge on any atom is -0.489 e. The Hall–Kier alpha value is -3.93. The number of hydrogen-bond donors (Lipinski definition) is 2. The van der Waals surface area contributed by atoms with Crippen LogP contribution in [-0.4, -0.2) is 33.1 Å². The number of anilines is 3. The highest BCUT2D eigenvalue weighted by atomic mass is 35.5. The quantitative estimate of drug-likeness (QED) is 0.372. The lowest BCUT2D eigenvalue weighted by Gasteiger charge is -2.23. The lowest BCUT2D eigenvalue weighted by atomic mass is 9.99. The van der Waals surface area contributed by atoms with Crippen molar-refractivity contribution in [2.75, 3.05) is 29.5 Å². The third-order valence-electron chi connectivity index (χ3n) is 5.81. The van der Waals surface area contributed by atoms with Crippen molar-refractivity contribution in [3.63, 3.8) is 0 Å². The Kier molecular flexibility index (Phi) is 5.70.